The minimum Gasteiger partial charge on any atom is -0.310 e. The molecule has 1 aromatic heterocycles. The van der Waals surface area contributed by atoms with E-state index < -0.39 is 0 Å². The Morgan fingerprint density at radius 2 is 0.786 bits per heavy atom. The molecule has 9 aromatic carbocycles. The van der Waals surface area contributed by atoms with Gasteiger partial charge in [0.15, 0.2) is 11.4 Å². The average molecular weight is 713 g/mol. The third-order valence-corrected chi connectivity index (χ3v) is 10.8. The normalized spacial score (nSPS) is 11.2. The highest BCUT2D eigenvalue weighted by Gasteiger charge is 2.22. The number of rotatable bonds is 6. The van der Waals surface area contributed by atoms with Crippen LogP contribution in [-0.2, 0) is 0 Å². The molecule has 0 saturated heterocycles. The van der Waals surface area contributed by atoms with Gasteiger partial charge in [0.25, 0.3) is 0 Å². The van der Waals surface area contributed by atoms with Crippen molar-refractivity contribution in [2.75, 3.05) is 4.90 Å². The minimum absolute atomic E-state index is 0.597. The number of para-hydroxylation sites is 5. The molecule has 56 heavy (non-hydrogen) atoms. The Hall–Kier alpha value is -7.92. The van der Waals surface area contributed by atoms with Crippen LogP contribution in [0.3, 0.4) is 0 Å². The van der Waals surface area contributed by atoms with E-state index in [-0.39, 0.29) is 0 Å². The number of hydrogen-bond acceptors (Lipinski definition) is 1. The molecule has 0 atom stereocenters. The number of hydrogen-bond donors (Lipinski definition) is 0. The summed E-state index contributed by atoms with van der Waals surface area (Å²) < 4.78 is 2.34. The first-order valence-corrected chi connectivity index (χ1v) is 18.6. The Kier molecular flexibility index (Phi) is 7.88. The number of fused-ring (bicyclic) bond motifs is 5. The zero-order valence-corrected chi connectivity index (χ0v) is 30.3. The van der Waals surface area contributed by atoms with Crippen LogP contribution in [0.1, 0.15) is 0 Å². The van der Waals surface area contributed by atoms with E-state index in [9.17, 15) is 0 Å². The van der Waals surface area contributed by atoms with Crippen molar-refractivity contribution in [1.82, 2.24) is 4.57 Å². The second-order valence-electron chi connectivity index (χ2n) is 13.8. The van der Waals surface area contributed by atoms with Crippen LogP contribution in [0.5, 0.6) is 0 Å². The van der Waals surface area contributed by atoms with Crippen molar-refractivity contribution in [2.45, 2.75) is 0 Å². The highest BCUT2D eigenvalue weighted by Crippen LogP contribution is 2.49. The molecule has 0 aliphatic rings. The monoisotopic (exact) mass is 712 g/mol. The van der Waals surface area contributed by atoms with Crippen molar-refractivity contribution in [2.24, 2.45) is 0 Å². The van der Waals surface area contributed by atoms with Crippen LogP contribution in [0, 0.1) is 13.1 Å². The Labute approximate surface area is 325 Å². The largest absolute Gasteiger partial charge is 0.310 e. The van der Waals surface area contributed by atoms with Crippen LogP contribution in [0.4, 0.5) is 28.4 Å². The average Bonchev–Trinajstić information content (AvgIpc) is 3.60. The first-order chi connectivity index (χ1) is 27.7. The summed E-state index contributed by atoms with van der Waals surface area (Å²) in [6.45, 7) is 16.2. The van der Waals surface area contributed by atoms with Crippen LogP contribution in [-0.4, -0.2) is 4.57 Å². The van der Waals surface area contributed by atoms with Gasteiger partial charge in [0.1, 0.15) is 0 Å². The summed E-state index contributed by atoms with van der Waals surface area (Å²) in [5.74, 6) is 0. The Morgan fingerprint density at radius 3 is 1.36 bits per heavy atom. The summed E-state index contributed by atoms with van der Waals surface area (Å²) >= 11 is 0. The predicted molar refractivity (Wildman–Crippen MR) is 234 cm³/mol. The Bertz CT molecular complexity index is 3160. The standard InChI is InChI=1S/C52H32N4/c1-53-47-24-12-8-22-44(47)51-41-20-6-7-21-42(41)52(45-23-9-13-25-48(45)54-2)46-34-38(32-33-43(46)51)55(35-16-4-3-5-17-35)36-28-30-37(31-29-36)56-49-26-14-10-18-39(49)40-19-11-15-27-50(40)56/h3-34H. The Balaban J connectivity index is 1.23. The molecule has 260 valence electrons. The van der Waals surface area contributed by atoms with Crippen molar-refractivity contribution < 1.29 is 0 Å². The molecule has 4 heteroatoms. The summed E-state index contributed by atoms with van der Waals surface area (Å²) in [5, 5.41) is 6.57. The second-order valence-corrected chi connectivity index (χ2v) is 13.8. The van der Waals surface area contributed by atoms with E-state index in [2.05, 4.69) is 165 Å². The second kappa shape index (κ2) is 13.5. The minimum atomic E-state index is 0.597. The van der Waals surface area contributed by atoms with Crippen molar-refractivity contribution in [3.05, 3.63) is 217 Å². The fraction of sp³-hybridized carbons (Fsp3) is 0. The van der Waals surface area contributed by atoms with E-state index >= 15 is 0 Å². The molecule has 0 bridgehead atoms. The maximum Gasteiger partial charge on any atom is 0.194 e. The molecule has 0 aliphatic carbocycles. The number of nitrogens with zero attached hydrogens (tertiary/aromatic N) is 4. The van der Waals surface area contributed by atoms with E-state index in [1.165, 1.54) is 21.8 Å². The summed E-state index contributed by atoms with van der Waals surface area (Å²) in [7, 11) is 0. The van der Waals surface area contributed by atoms with Crippen LogP contribution >= 0.6 is 0 Å². The lowest BCUT2D eigenvalue weighted by Gasteiger charge is -2.27. The number of aromatic nitrogens is 1. The van der Waals surface area contributed by atoms with E-state index in [0.717, 1.165) is 66.5 Å². The third-order valence-electron chi connectivity index (χ3n) is 10.8. The van der Waals surface area contributed by atoms with Crippen LogP contribution in [0.25, 0.3) is 81.0 Å². The number of benzene rings is 9. The molecule has 0 amide bonds. The smallest absolute Gasteiger partial charge is 0.194 e. The molecular formula is C52H32N4. The third kappa shape index (κ3) is 5.21. The molecule has 1 heterocycles. The van der Waals surface area contributed by atoms with Gasteiger partial charge in [0.2, 0.25) is 0 Å². The van der Waals surface area contributed by atoms with Gasteiger partial charge in [-0.25, -0.2) is 9.69 Å². The van der Waals surface area contributed by atoms with Gasteiger partial charge in [0.05, 0.1) is 24.2 Å². The van der Waals surface area contributed by atoms with Crippen LogP contribution < -0.4 is 4.90 Å². The molecule has 0 saturated carbocycles. The van der Waals surface area contributed by atoms with Crippen molar-refractivity contribution in [3.63, 3.8) is 0 Å². The summed E-state index contributed by atoms with van der Waals surface area (Å²) in [6.07, 6.45) is 0. The van der Waals surface area contributed by atoms with Gasteiger partial charge in [-0.2, -0.15) is 0 Å². The summed E-state index contributed by atoms with van der Waals surface area (Å²) in [4.78, 5) is 10.2. The van der Waals surface area contributed by atoms with E-state index in [0.29, 0.717) is 11.4 Å². The highest BCUT2D eigenvalue weighted by atomic mass is 15.1. The quantitative estimate of drug-likeness (QED) is 0.124. The van der Waals surface area contributed by atoms with Gasteiger partial charge in [-0.15, -0.1) is 0 Å². The van der Waals surface area contributed by atoms with E-state index in [1.807, 2.05) is 48.5 Å². The Morgan fingerprint density at radius 1 is 0.357 bits per heavy atom. The lowest BCUT2D eigenvalue weighted by atomic mass is 9.85. The molecular weight excluding hydrogens is 681 g/mol. The van der Waals surface area contributed by atoms with Crippen LogP contribution in [0.2, 0.25) is 0 Å². The molecule has 0 aliphatic heterocycles. The molecule has 0 unspecified atom stereocenters. The maximum atomic E-state index is 8.16. The van der Waals surface area contributed by atoms with Gasteiger partial charge < -0.3 is 9.47 Å². The predicted octanol–water partition coefficient (Wildman–Crippen LogP) is 15.0. The lowest BCUT2D eigenvalue weighted by molar-refractivity contribution is 1.17. The van der Waals surface area contributed by atoms with Crippen molar-refractivity contribution in [3.8, 4) is 27.9 Å². The maximum absolute atomic E-state index is 8.16. The van der Waals surface area contributed by atoms with Gasteiger partial charge in [-0.3, -0.25) is 0 Å². The van der Waals surface area contributed by atoms with Gasteiger partial charge >= 0.3 is 0 Å². The van der Waals surface area contributed by atoms with Gasteiger partial charge in [-0.1, -0.05) is 133 Å². The van der Waals surface area contributed by atoms with Gasteiger partial charge in [0, 0.05) is 33.5 Å². The molecule has 0 N–H and O–H groups in total. The summed E-state index contributed by atoms with van der Waals surface area (Å²) in [6, 6.07) is 67.2. The first-order valence-electron chi connectivity index (χ1n) is 18.6. The fourth-order valence-electron chi connectivity index (χ4n) is 8.43. The van der Waals surface area contributed by atoms with Crippen molar-refractivity contribution >= 4 is 71.8 Å². The number of anilines is 3. The van der Waals surface area contributed by atoms with Crippen LogP contribution in [0.15, 0.2) is 194 Å². The molecule has 10 aromatic rings. The van der Waals surface area contributed by atoms with Crippen molar-refractivity contribution in [1.29, 1.82) is 0 Å². The topological polar surface area (TPSA) is 16.9 Å². The zero-order valence-electron chi connectivity index (χ0n) is 30.3. The first kappa shape index (κ1) is 32.7. The molecule has 0 fully saturated rings. The fourth-order valence-corrected chi connectivity index (χ4v) is 8.43. The molecule has 0 spiro atoms. The SMILES string of the molecule is [C-]#[N+]c1ccccc1-c1c2ccccc2c(-c2ccccc2[N+]#[C-])c2cc(N(c3ccccc3)c3ccc(-n4c5ccccc5c5ccccc54)cc3)ccc12. The molecule has 10 rings (SSSR count). The molecule has 0 radical (unpaired) electrons. The molecule has 4 nitrogen and oxygen atoms in total. The summed E-state index contributed by atoms with van der Waals surface area (Å²) in [5.41, 5.74) is 11.4. The van der Waals surface area contributed by atoms with E-state index in [4.69, 9.17) is 13.1 Å². The highest BCUT2D eigenvalue weighted by molar-refractivity contribution is 6.23. The van der Waals surface area contributed by atoms with Gasteiger partial charge in [-0.05, 0) is 104 Å². The van der Waals surface area contributed by atoms with E-state index in [1.54, 1.807) is 0 Å². The zero-order chi connectivity index (χ0) is 37.6. The lowest BCUT2D eigenvalue weighted by Crippen LogP contribution is -2.10.